The van der Waals surface area contributed by atoms with Gasteiger partial charge in [-0.1, -0.05) is 19.1 Å². The summed E-state index contributed by atoms with van der Waals surface area (Å²) in [7, 11) is 0. The van der Waals surface area contributed by atoms with Crippen molar-refractivity contribution in [1.29, 1.82) is 0 Å². The van der Waals surface area contributed by atoms with E-state index in [4.69, 9.17) is 4.74 Å². The van der Waals surface area contributed by atoms with Crippen LogP contribution >= 0.6 is 0 Å². The van der Waals surface area contributed by atoms with Crippen LogP contribution in [0.1, 0.15) is 32.3 Å². The van der Waals surface area contributed by atoms with E-state index in [0.29, 0.717) is 23.7 Å². The number of anilines is 1. The van der Waals surface area contributed by atoms with Gasteiger partial charge < -0.3 is 15.4 Å². The molecule has 1 aromatic carbocycles. The van der Waals surface area contributed by atoms with Gasteiger partial charge in [-0.3, -0.25) is 4.90 Å². The monoisotopic (exact) mass is 419 g/mol. The summed E-state index contributed by atoms with van der Waals surface area (Å²) in [6.45, 7) is 5.23. The predicted molar refractivity (Wildman–Crippen MR) is 104 cm³/mol. The summed E-state index contributed by atoms with van der Waals surface area (Å²) in [5, 5.41) is 5.51. The molecule has 0 saturated carbocycles. The summed E-state index contributed by atoms with van der Waals surface area (Å²) in [5.41, 5.74) is 0.951. The number of carbonyl (C=O) groups is 1. The van der Waals surface area contributed by atoms with E-state index < -0.39 is 19.0 Å². The summed E-state index contributed by atoms with van der Waals surface area (Å²) < 4.78 is 54.7. The second-order valence-corrected chi connectivity index (χ2v) is 7.68. The van der Waals surface area contributed by atoms with E-state index in [1.165, 1.54) is 6.42 Å². The molecule has 1 heterocycles. The van der Waals surface area contributed by atoms with Gasteiger partial charge in [-0.05, 0) is 49.9 Å². The number of hydrogen-bond acceptors (Lipinski definition) is 3. The number of amides is 2. The first-order valence-corrected chi connectivity index (χ1v) is 9.79. The van der Waals surface area contributed by atoms with Gasteiger partial charge in [0.2, 0.25) is 0 Å². The van der Waals surface area contributed by atoms with Crippen molar-refractivity contribution in [2.45, 2.75) is 51.7 Å². The molecule has 2 unspecified atom stereocenters. The Kier molecular flexibility index (Phi) is 8.70. The number of ether oxygens (including phenoxy) is 1. The molecule has 0 aliphatic carbocycles. The van der Waals surface area contributed by atoms with E-state index in [0.717, 1.165) is 19.5 Å². The van der Waals surface area contributed by atoms with E-state index in [1.54, 1.807) is 24.3 Å². The molecule has 2 N–H and O–H groups in total. The third kappa shape index (κ3) is 7.81. The van der Waals surface area contributed by atoms with Crippen molar-refractivity contribution < 1.29 is 27.1 Å². The summed E-state index contributed by atoms with van der Waals surface area (Å²) in [6.07, 6.45) is -1.37. The zero-order valence-electron chi connectivity index (χ0n) is 16.8. The van der Waals surface area contributed by atoms with Crippen LogP contribution in [-0.4, -0.2) is 55.6 Å². The van der Waals surface area contributed by atoms with Crippen LogP contribution in [0.5, 0.6) is 0 Å². The molecule has 1 aliphatic heterocycles. The van der Waals surface area contributed by atoms with Crippen LogP contribution in [0.15, 0.2) is 24.3 Å². The van der Waals surface area contributed by atoms with E-state index in [-0.39, 0.29) is 18.7 Å². The van der Waals surface area contributed by atoms with Crippen LogP contribution < -0.4 is 10.6 Å². The Hall–Kier alpha value is -1.87. The first-order chi connectivity index (χ1) is 13.7. The van der Waals surface area contributed by atoms with Crippen molar-refractivity contribution in [2.24, 2.45) is 5.92 Å². The summed E-state index contributed by atoms with van der Waals surface area (Å²) in [6, 6.07) is 6.27. The maximum Gasteiger partial charge on any atom is 0.330 e. The zero-order valence-corrected chi connectivity index (χ0v) is 16.8. The van der Waals surface area contributed by atoms with Crippen LogP contribution in [0.25, 0.3) is 0 Å². The molecule has 0 spiro atoms. The number of piperidine rings is 1. The highest BCUT2D eigenvalue weighted by atomic mass is 19.3. The fourth-order valence-electron chi connectivity index (χ4n) is 3.28. The Morgan fingerprint density at radius 3 is 2.83 bits per heavy atom. The normalized spacial score (nSPS) is 19.2. The molecular formula is C20H29F4N3O2. The third-order valence-electron chi connectivity index (χ3n) is 4.94. The van der Waals surface area contributed by atoms with Crippen LogP contribution in [-0.2, 0) is 11.3 Å². The van der Waals surface area contributed by atoms with Gasteiger partial charge in [0.1, 0.15) is 6.61 Å². The summed E-state index contributed by atoms with van der Waals surface area (Å²) in [5.74, 6) is -3.52. The molecule has 0 bridgehead atoms. The maximum atomic E-state index is 12.9. The number of nitrogens with zero attached hydrogens (tertiary/aromatic N) is 1. The second-order valence-electron chi connectivity index (χ2n) is 7.68. The summed E-state index contributed by atoms with van der Waals surface area (Å²) >= 11 is 0. The SMILES string of the molecule is CC1CCCN(C(C)CNC(=O)Nc2cccc(COCC(F)(F)C(F)F)c2)C1. The van der Waals surface area contributed by atoms with E-state index in [9.17, 15) is 22.4 Å². The fourth-order valence-corrected chi connectivity index (χ4v) is 3.28. The van der Waals surface area contributed by atoms with Crippen LogP contribution in [0.2, 0.25) is 0 Å². The smallest absolute Gasteiger partial charge is 0.330 e. The minimum absolute atomic E-state index is 0.222. The van der Waals surface area contributed by atoms with Crippen LogP contribution in [0.3, 0.4) is 0 Å². The average Bonchev–Trinajstić information content (AvgIpc) is 2.66. The first kappa shape index (κ1) is 23.4. The van der Waals surface area contributed by atoms with Crippen molar-refractivity contribution in [3.05, 3.63) is 29.8 Å². The number of hydrogen-bond donors (Lipinski definition) is 2. The van der Waals surface area contributed by atoms with Crippen molar-refractivity contribution >= 4 is 11.7 Å². The molecule has 1 saturated heterocycles. The predicted octanol–water partition coefficient (Wildman–Crippen LogP) is 4.35. The molecule has 9 heteroatoms. The summed E-state index contributed by atoms with van der Waals surface area (Å²) in [4.78, 5) is 14.5. The quantitative estimate of drug-likeness (QED) is 0.586. The minimum Gasteiger partial charge on any atom is -0.370 e. The van der Waals surface area contributed by atoms with Gasteiger partial charge in [0.15, 0.2) is 0 Å². The van der Waals surface area contributed by atoms with E-state index >= 15 is 0 Å². The molecular weight excluding hydrogens is 390 g/mol. The molecule has 2 atom stereocenters. The molecule has 5 nitrogen and oxygen atoms in total. The first-order valence-electron chi connectivity index (χ1n) is 9.79. The highest BCUT2D eigenvalue weighted by Gasteiger charge is 2.40. The topological polar surface area (TPSA) is 53.6 Å². The highest BCUT2D eigenvalue weighted by molar-refractivity contribution is 5.89. The zero-order chi connectivity index (χ0) is 21.4. The Morgan fingerprint density at radius 2 is 2.14 bits per heavy atom. The molecule has 1 aliphatic rings. The molecule has 0 radical (unpaired) electrons. The third-order valence-corrected chi connectivity index (χ3v) is 4.94. The van der Waals surface area contributed by atoms with Crippen LogP contribution in [0.4, 0.5) is 28.0 Å². The number of urea groups is 1. The molecule has 164 valence electrons. The lowest BCUT2D eigenvalue weighted by atomic mass is 9.99. The van der Waals surface area contributed by atoms with Gasteiger partial charge in [-0.2, -0.15) is 8.78 Å². The Balaban J connectivity index is 1.76. The molecule has 29 heavy (non-hydrogen) atoms. The average molecular weight is 419 g/mol. The van der Waals surface area contributed by atoms with Gasteiger partial charge in [0, 0.05) is 24.8 Å². The van der Waals surface area contributed by atoms with Gasteiger partial charge in [0.25, 0.3) is 0 Å². The Bertz CT molecular complexity index is 660. The van der Waals surface area contributed by atoms with Crippen molar-refractivity contribution in [1.82, 2.24) is 10.2 Å². The number of halogens is 4. The van der Waals surface area contributed by atoms with Gasteiger partial charge >= 0.3 is 18.4 Å². The lowest BCUT2D eigenvalue weighted by Gasteiger charge is -2.35. The Labute approximate surface area is 168 Å². The minimum atomic E-state index is -4.18. The van der Waals surface area contributed by atoms with Crippen molar-refractivity contribution in [3.63, 3.8) is 0 Å². The molecule has 2 amide bonds. The highest BCUT2D eigenvalue weighted by Crippen LogP contribution is 2.23. The van der Waals surface area contributed by atoms with Crippen molar-refractivity contribution in [2.75, 3.05) is 31.6 Å². The van der Waals surface area contributed by atoms with Gasteiger partial charge in [-0.25, -0.2) is 13.6 Å². The van der Waals surface area contributed by atoms with Crippen LogP contribution in [0, 0.1) is 5.92 Å². The standard InChI is InChI=1S/C20H29F4N3O2/c1-14-5-4-8-27(11-14)15(2)10-25-19(28)26-17-7-3-6-16(9-17)12-29-13-20(23,24)18(21)22/h3,6-7,9,14-15,18H,4-5,8,10-13H2,1-2H3,(H2,25,26,28). The van der Waals surface area contributed by atoms with Crippen molar-refractivity contribution in [3.8, 4) is 0 Å². The molecule has 2 rings (SSSR count). The maximum absolute atomic E-state index is 12.9. The van der Waals surface area contributed by atoms with E-state index in [2.05, 4.69) is 29.4 Å². The number of benzene rings is 1. The fraction of sp³-hybridized carbons (Fsp3) is 0.650. The Morgan fingerprint density at radius 1 is 1.38 bits per heavy atom. The second kappa shape index (κ2) is 10.8. The number of carbonyl (C=O) groups excluding carboxylic acids is 1. The lowest BCUT2D eigenvalue weighted by Crippen LogP contribution is -2.47. The number of likely N-dealkylation sites (tertiary alicyclic amines) is 1. The lowest BCUT2D eigenvalue weighted by molar-refractivity contribution is -0.168. The molecule has 0 aromatic heterocycles. The number of nitrogens with one attached hydrogen (secondary N) is 2. The molecule has 1 aromatic rings. The van der Waals surface area contributed by atoms with Gasteiger partial charge in [0.05, 0.1) is 6.61 Å². The van der Waals surface area contributed by atoms with E-state index in [1.807, 2.05) is 0 Å². The van der Waals surface area contributed by atoms with Gasteiger partial charge in [-0.15, -0.1) is 0 Å². The number of rotatable bonds is 9. The largest absolute Gasteiger partial charge is 0.370 e. The molecule has 1 fully saturated rings. The number of alkyl halides is 4.